The molecule has 1 aromatic heterocycles. The van der Waals surface area contributed by atoms with Crippen LogP contribution in [0.4, 0.5) is 0 Å². The van der Waals surface area contributed by atoms with Crippen LogP contribution in [0.2, 0.25) is 0 Å². The third-order valence-corrected chi connectivity index (χ3v) is 4.00. The normalized spacial score (nSPS) is 25.6. The molecule has 102 valence electrons. The topological polar surface area (TPSA) is 33.1 Å². The van der Waals surface area contributed by atoms with Crippen LogP contribution in [0.1, 0.15) is 38.6 Å². The molecule has 0 saturated carbocycles. The Morgan fingerprint density at radius 1 is 1.44 bits per heavy atom. The van der Waals surface area contributed by atoms with Gasteiger partial charge in [0.15, 0.2) is 0 Å². The molecule has 1 aromatic rings. The van der Waals surface area contributed by atoms with E-state index in [4.69, 9.17) is 0 Å². The number of nitrogens with one attached hydrogen (secondary N) is 1. The Morgan fingerprint density at radius 2 is 2.22 bits per heavy atom. The number of aryl methyl sites for hydroxylation is 2. The van der Waals surface area contributed by atoms with E-state index in [0.29, 0.717) is 0 Å². The summed E-state index contributed by atoms with van der Waals surface area (Å²) in [6, 6.07) is 2.22. The fourth-order valence-corrected chi connectivity index (χ4v) is 2.75. The second-order valence-electron chi connectivity index (χ2n) is 5.64. The van der Waals surface area contributed by atoms with Crippen molar-refractivity contribution >= 4 is 0 Å². The van der Waals surface area contributed by atoms with Gasteiger partial charge in [-0.25, -0.2) is 0 Å². The molecular weight excluding hydrogens is 224 g/mol. The number of hydrogen-bond donors (Lipinski definition) is 1. The third kappa shape index (κ3) is 2.93. The van der Waals surface area contributed by atoms with Crippen LogP contribution in [0, 0.1) is 6.92 Å². The molecule has 4 heteroatoms. The highest BCUT2D eigenvalue weighted by Gasteiger charge is 2.28. The molecule has 1 aliphatic heterocycles. The van der Waals surface area contributed by atoms with Crippen LogP contribution >= 0.6 is 0 Å². The Hall–Kier alpha value is -0.870. The SMILES string of the molecule is CCn1nc(C)cc1CN1CCNC(C)(CC)C1. The standard InChI is InChI=1S/C14H26N4/c1-5-14(4)11-17(8-7-15-14)10-13-9-12(3)16-18(13)6-2/h9,15H,5-8,10-11H2,1-4H3. The van der Waals surface area contributed by atoms with E-state index in [-0.39, 0.29) is 5.54 Å². The van der Waals surface area contributed by atoms with Crippen molar-refractivity contribution in [1.82, 2.24) is 20.0 Å². The van der Waals surface area contributed by atoms with E-state index in [2.05, 4.69) is 53.8 Å². The van der Waals surface area contributed by atoms with Crippen LogP contribution in [0.15, 0.2) is 6.07 Å². The molecule has 1 N–H and O–H groups in total. The lowest BCUT2D eigenvalue weighted by atomic mass is 9.96. The van der Waals surface area contributed by atoms with Crippen molar-refractivity contribution in [2.24, 2.45) is 0 Å². The first-order valence-electron chi connectivity index (χ1n) is 7.07. The Morgan fingerprint density at radius 3 is 2.89 bits per heavy atom. The first-order valence-corrected chi connectivity index (χ1v) is 7.07. The summed E-state index contributed by atoms with van der Waals surface area (Å²) in [7, 11) is 0. The molecule has 0 aromatic carbocycles. The van der Waals surface area contributed by atoms with Gasteiger partial charge in [-0.15, -0.1) is 0 Å². The highest BCUT2D eigenvalue weighted by atomic mass is 15.3. The minimum Gasteiger partial charge on any atom is -0.309 e. The molecule has 4 nitrogen and oxygen atoms in total. The molecule has 0 aliphatic carbocycles. The number of piperazine rings is 1. The summed E-state index contributed by atoms with van der Waals surface area (Å²) in [5.74, 6) is 0. The maximum atomic E-state index is 4.53. The van der Waals surface area contributed by atoms with Gasteiger partial charge >= 0.3 is 0 Å². The molecule has 2 heterocycles. The molecule has 0 radical (unpaired) electrons. The average Bonchev–Trinajstić information content (AvgIpc) is 2.69. The highest BCUT2D eigenvalue weighted by molar-refractivity contribution is 5.09. The molecule has 1 fully saturated rings. The first kappa shape index (κ1) is 13.6. The maximum absolute atomic E-state index is 4.53. The van der Waals surface area contributed by atoms with Crippen molar-refractivity contribution in [2.45, 2.75) is 52.7 Å². The van der Waals surface area contributed by atoms with Gasteiger partial charge in [0.25, 0.3) is 0 Å². The minimum atomic E-state index is 0.268. The van der Waals surface area contributed by atoms with Crippen molar-refractivity contribution in [2.75, 3.05) is 19.6 Å². The van der Waals surface area contributed by atoms with Gasteiger partial charge in [0, 0.05) is 38.3 Å². The molecular formula is C14H26N4. The summed E-state index contributed by atoms with van der Waals surface area (Å²) in [5.41, 5.74) is 2.74. The predicted molar refractivity (Wildman–Crippen MR) is 74.6 cm³/mol. The lowest BCUT2D eigenvalue weighted by Gasteiger charge is -2.41. The van der Waals surface area contributed by atoms with Crippen LogP contribution in [0.25, 0.3) is 0 Å². The van der Waals surface area contributed by atoms with Crippen molar-refractivity contribution in [3.8, 4) is 0 Å². The van der Waals surface area contributed by atoms with Gasteiger partial charge in [-0.2, -0.15) is 5.10 Å². The summed E-state index contributed by atoms with van der Waals surface area (Å²) >= 11 is 0. The molecule has 18 heavy (non-hydrogen) atoms. The van der Waals surface area contributed by atoms with Crippen LogP contribution in [0.3, 0.4) is 0 Å². The first-order chi connectivity index (χ1) is 8.56. The van der Waals surface area contributed by atoms with E-state index in [0.717, 1.165) is 38.4 Å². The summed E-state index contributed by atoms with van der Waals surface area (Å²) < 4.78 is 2.13. The maximum Gasteiger partial charge on any atom is 0.0597 e. The van der Waals surface area contributed by atoms with Gasteiger partial charge in [-0.3, -0.25) is 9.58 Å². The largest absolute Gasteiger partial charge is 0.309 e. The lowest BCUT2D eigenvalue weighted by molar-refractivity contribution is 0.131. The third-order valence-electron chi connectivity index (χ3n) is 4.00. The predicted octanol–water partition coefficient (Wildman–Crippen LogP) is 1.79. The van der Waals surface area contributed by atoms with E-state index in [1.165, 1.54) is 12.1 Å². The zero-order chi connectivity index (χ0) is 13.2. The fraction of sp³-hybridized carbons (Fsp3) is 0.786. The van der Waals surface area contributed by atoms with Crippen molar-refractivity contribution in [3.05, 3.63) is 17.5 Å². The fourth-order valence-electron chi connectivity index (χ4n) is 2.75. The average molecular weight is 250 g/mol. The Balaban J connectivity index is 2.04. The van der Waals surface area contributed by atoms with Gasteiger partial charge in [-0.1, -0.05) is 6.92 Å². The molecule has 1 atom stereocenters. The van der Waals surface area contributed by atoms with Crippen molar-refractivity contribution in [1.29, 1.82) is 0 Å². The molecule has 0 amide bonds. The van der Waals surface area contributed by atoms with E-state index in [1.807, 2.05) is 0 Å². The molecule has 2 rings (SSSR count). The summed E-state index contributed by atoms with van der Waals surface area (Å²) in [6.45, 7) is 14.1. The molecule has 1 saturated heterocycles. The Labute approximate surface area is 110 Å². The monoisotopic (exact) mass is 250 g/mol. The summed E-state index contributed by atoms with van der Waals surface area (Å²) in [5, 5.41) is 8.16. The van der Waals surface area contributed by atoms with Gasteiger partial charge < -0.3 is 5.32 Å². The number of nitrogens with zero attached hydrogens (tertiary/aromatic N) is 3. The molecule has 1 unspecified atom stereocenters. The highest BCUT2D eigenvalue weighted by Crippen LogP contribution is 2.17. The van der Waals surface area contributed by atoms with E-state index in [1.54, 1.807) is 0 Å². The molecule has 0 spiro atoms. The van der Waals surface area contributed by atoms with Gasteiger partial charge in [0.2, 0.25) is 0 Å². The Bertz CT molecular complexity index is 398. The number of aromatic nitrogens is 2. The van der Waals surface area contributed by atoms with Crippen LogP contribution in [0.5, 0.6) is 0 Å². The van der Waals surface area contributed by atoms with E-state index >= 15 is 0 Å². The summed E-state index contributed by atoms with van der Waals surface area (Å²) in [6.07, 6.45) is 1.18. The quantitative estimate of drug-likeness (QED) is 0.884. The van der Waals surface area contributed by atoms with Gasteiger partial charge in [0.05, 0.1) is 11.4 Å². The van der Waals surface area contributed by atoms with Crippen LogP contribution in [-0.2, 0) is 13.1 Å². The zero-order valence-corrected chi connectivity index (χ0v) is 12.2. The number of rotatable bonds is 4. The van der Waals surface area contributed by atoms with Crippen LogP contribution < -0.4 is 5.32 Å². The van der Waals surface area contributed by atoms with Gasteiger partial charge in [0.1, 0.15) is 0 Å². The zero-order valence-electron chi connectivity index (χ0n) is 12.2. The minimum absolute atomic E-state index is 0.268. The summed E-state index contributed by atoms with van der Waals surface area (Å²) in [4.78, 5) is 2.54. The lowest BCUT2D eigenvalue weighted by Crippen LogP contribution is -2.58. The molecule has 1 aliphatic rings. The second-order valence-corrected chi connectivity index (χ2v) is 5.64. The second kappa shape index (κ2) is 5.41. The Kier molecular flexibility index (Phi) is 4.07. The van der Waals surface area contributed by atoms with Crippen molar-refractivity contribution < 1.29 is 0 Å². The molecule has 0 bridgehead atoms. The van der Waals surface area contributed by atoms with E-state index in [9.17, 15) is 0 Å². The van der Waals surface area contributed by atoms with Gasteiger partial charge in [-0.05, 0) is 33.3 Å². The van der Waals surface area contributed by atoms with Crippen molar-refractivity contribution in [3.63, 3.8) is 0 Å². The van der Waals surface area contributed by atoms with Crippen LogP contribution in [-0.4, -0.2) is 39.9 Å². The van der Waals surface area contributed by atoms with E-state index < -0.39 is 0 Å². The smallest absolute Gasteiger partial charge is 0.0597 e. The number of hydrogen-bond acceptors (Lipinski definition) is 3.